The maximum Gasteiger partial charge on any atom is 0.416 e. The third-order valence-electron chi connectivity index (χ3n) is 6.09. The number of halogens is 5. The van der Waals surface area contributed by atoms with Crippen LogP contribution in [0.1, 0.15) is 5.82 Å². The molecule has 1 amide bonds. The Hall–Kier alpha value is -4.24. The van der Waals surface area contributed by atoms with Gasteiger partial charge in [0.2, 0.25) is 11.9 Å². The van der Waals surface area contributed by atoms with Crippen LogP contribution in [0, 0.1) is 5.82 Å². The number of benzene rings is 2. The Labute approximate surface area is 228 Å². The molecule has 11 nitrogen and oxygen atoms in total. The molecule has 0 bridgehead atoms. The molecule has 2 aromatic heterocycles. The van der Waals surface area contributed by atoms with Crippen molar-refractivity contribution in [3.63, 3.8) is 0 Å². The molecule has 0 radical (unpaired) electrons. The molecule has 1 unspecified atom stereocenters. The summed E-state index contributed by atoms with van der Waals surface area (Å²) in [6.07, 6.45) is -7.81. The molecular weight excluding hydrogens is 560 g/mol. The fraction of sp³-hybridized carbons (Fsp3) is 0.292. The summed E-state index contributed by atoms with van der Waals surface area (Å²) in [5, 5.41) is 21.3. The van der Waals surface area contributed by atoms with Crippen LogP contribution in [0.4, 0.5) is 23.5 Å². The fourth-order valence-corrected chi connectivity index (χ4v) is 4.27. The molecule has 3 heterocycles. The Bertz CT molecular complexity index is 1600. The molecule has 1 fully saturated rings. The van der Waals surface area contributed by atoms with E-state index in [1.807, 2.05) is 0 Å². The summed E-state index contributed by atoms with van der Waals surface area (Å²) < 4.78 is 56.9. The van der Waals surface area contributed by atoms with Crippen molar-refractivity contribution in [2.45, 2.75) is 25.4 Å². The lowest BCUT2D eigenvalue weighted by atomic mass is 10.2. The van der Waals surface area contributed by atoms with Crippen LogP contribution in [-0.2, 0) is 17.9 Å². The number of hydrogen-bond acceptors (Lipinski definition) is 7. The van der Waals surface area contributed by atoms with E-state index in [0.29, 0.717) is 22.7 Å². The number of aliphatic hydroxyl groups is 1. The molecule has 0 spiro atoms. The number of alkyl halides is 3. The Balaban J connectivity index is 1.57. The molecule has 1 aliphatic rings. The van der Waals surface area contributed by atoms with Gasteiger partial charge in [-0.1, -0.05) is 23.7 Å². The number of para-hydroxylation sites is 1. The third kappa shape index (κ3) is 5.56. The minimum Gasteiger partial charge on any atom is -0.382 e. The van der Waals surface area contributed by atoms with Gasteiger partial charge in [0.1, 0.15) is 18.0 Å². The Morgan fingerprint density at radius 2 is 1.80 bits per heavy atom. The van der Waals surface area contributed by atoms with Gasteiger partial charge in [0.15, 0.2) is 17.8 Å². The monoisotopic (exact) mass is 580 g/mol. The average Bonchev–Trinajstić information content (AvgIpc) is 3.46. The van der Waals surface area contributed by atoms with Gasteiger partial charge in [-0.3, -0.25) is 9.36 Å². The van der Waals surface area contributed by atoms with Crippen LogP contribution in [0.5, 0.6) is 0 Å². The van der Waals surface area contributed by atoms with Crippen molar-refractivity contribution in [2.75, 3.05) is 24.5 Å². The zero-order valence-electron chi connectivity index (χ0n) is 20.5. The zero-order chi connectivity index (χ0) is 28.6. The first-order chi connectivity index (χ1) is 19.0. The number of amides is 1. The lowest BCUT2D eigenvalue weighted by molar-refractivity contribution is -0.207. The molecule has 2 N–H and O–H groups in total. The molecule has 1 saturated heterocycles. The second-order valence-corrected chi connectivity index (χ2v) is 9.34. The largest absolute Gasteiger partial charge is 0.416 e. The highest BCUT2D eigenvalue weighted by Gasteiger charge is 2.39. The lowest BCUT2D eigenvalue weighted by Crippen LogP contribution is -2.48. The zero-order valence-corrected chi connectivity index (χ0v) is 21.3. The van der Waals surface area contributed by atoms with Crippen molar-refractivity contribution in [3.8, 4) is 17.1 Å². The van der Waals surface area contributed by atoms with Gasteiger partial charge in [0.25, 0.3) is 0 Å². The van der Waals surface area contributed by atoms with E-state index in [2.05, 4.69) is 20.5 Å². The van der Waals surface area contributed by atoms with E-state index in [0.717, 1.165) is 4.68 Å². The van der Waals surface area contributed by atoms with E-state index in [4.69, 9.17) is 11.6 Å². The van der Waals surface area contributed by atoms with Crippen LogP contribution in [0.25, 0.3) is 17.1 Å². The van der Waals surface area contributed by atoms with Crippen LogP contribution in [0.2, 0.25) is 5.02 Å². The van der Waals surface area contributed by atoms with E-state index in [1.165, 1.54) is 47.1 Å². The average molecular weight is 581 g/mol. The summed E-state index contributed by atoms with van der Waals surface area (Å²) in [6.45, 7) is -0.914. The quantitative estimate of drug-likeness (QED) is 0.321. The Kier molecular flexibility index (Phi) is 7.33. The van der Waals surface area contributed by atoms with Crippen molar-refractivity contribution in [1.29, 1.82) is 0 Å². The second kappa shape index (κ2) is 10.7. The maximum atomic E-state index is 14.7. The number of nitrogens with one attached hydrogen (secondary N) is 1. The standard InChI is InChI=1S/C24H21ClF4N8O3/c25-15-7-5-14(6-8-15)21-33-36(23(40)35(21)11-18(38)24(27,28)29)12-19-31-22(34-10-9-30-20(39)13-34)37(32-19)17-4-2-1-3-16(17)26/h1-8,18,38H,9-13H2,(H,30,39). The number of piperazine rings is 1. The molecule has 2 aromatic carbocycles. The SMILES string of the molecule is O=C1CN(c2nc(Cn3nc(-c4ccc(Cl)cc4)n(CC(O)C(F)(F)F)c3=O)nn2-c2ccccc2F)CCN1. The summed E-state index contributed by atoms with van der Waals surface area (Å²) in [7, 11) is 0. The van der Waals surface area contributed by atoms with E-state index in [1.54, 1.807) is 11.0 Å². The fourth-order valence-electron chi connectivity index (χ4n) is 4.14. The molecule has 5 rings (SSSR count). The molecule has 0 aliphatic carbocycles. The highest BCUT2D eigenvalue weighted by atomic mass is 35.5. The molecule has 0 saturated carbocycles. The van der Waals surface area contributed by atoms with Crippen LogP contribution in [0.15, 0.2) is 53.3 Å². The minimum absolute atomic E-state index is 0.0185. The molecule has 40 heavy (non-hydrogen) atoms. The first-order valence-corrected chi connectivity index (χ1v) is 12.3. The number of hydrogen-bond donors (Lipinski definition) is 2. The van der Waals surface area contributed by atoms with Crippen LogP contribution in [-0.4, -0.2) is 72.0 Å². The van der Waals surface area contributed by atoms with Crippen LogP contribution in [0.3, 0.4) is 0 Å². The van der Waals surface area contributed by atoms with Gasteiger partial charge in [0.05, 0.1) is 13.1 Å². The molecule has 4 aromatic rings. The Morgan fingerprint density at radius 3 is 2.48 bits per heavy atom. The van der Waals surface area contributed by atoms with Crippen LogP contribution < -0.4 is 15.9 Å². The highest BCUT2D eigenvalue weighted by molar-refractivity contribution is 6.30. The topological polar surface area (TPSA) is 123 Å². The maximum absolute atomic E-state index is 14.7. The predicted octanol–water partition coefficient (Wildman–Crippen LogP) is 1.99. The van der Waals surface area contributed by atoms with Crippen molar-refractivity contribution in [3.05, 3.63) is 75.7 Å². The summed E-state index contributed by atoms with van der Waals surface area (Å²) >= 11 is 5.92. The number of aromatic nitrogens is 6. The molecule has 16 heteroatoms. The van der Waals surface area contributed by atoms with Gasteiger partial charge in [-0.2, -0.15) is 22.8 Å². The van der Waals surface area contributed by atoms with Crippen LogP contribution >= 0.6 is 11.6 Å². The summed E-state index contributed by atoms with van der Waals surface area (Å²) in [5.74, 6) is -0.926. The molecule has 1 aliphatic heterocycles. The summed E-state index contributed by atoms with van der Waals surface area (Å²) in [6, 6.07) is 11.6. The van der Waals surface area contributed by atoms with Gasteiger partial charge >= 0.3 is 11.9 Å². The van der Waals surface area contributed by atoms with Gasteiger partial charge in [-0.05, 0) is 36.4 Å². The molecule has 1 atom stereocenters. The van der Waals surface area contributed by atoms with Gasteiger partial charge in [0, 0.05) is 23.7 Å². The van der Waals surface area contributed by atoms with Gasteiger partial charge < -0.3 is 15.3 Å². The first kappa shape index (κ1) is 27.3. The number of rotatable bonds is 7. The van der Waals surface area contributed by atoms with Crippen molar-refractivity contribution >= 4 is 23.5 Å². The van der Waals surface area contributed by atoms with Crippen molar-refractivity contribution in [1.82, 2.24) is 34.4 Å². The van der Waals surface area contributed by atoms with E-state index in [9.17, 15) is 32.3 Å². The van der Waals surface area contributed by atoms with Gasteiger partial charge in [-0.25, -0.2) is 13.9 Å². The predicted molar refractivity (Wildman–Crippen MR) is 135 cm³/mol. The number of carbonyl (C=O) groups is 1. The smallest absolute Gasteiger partial charge is 0.382 e. The first-order valence-electron chi connectivity index (χ1n) is 11.9. The highest BCUT2D eigenvalue weighted by Crippen LogP contribution is 2.25. The molecule has 210 valence electrons. The number of anilines is 1. The Morgan fingerprint density at radius 1 is 1.07 bits per heavy atom. The number of aliphatic hydroxyl groups excluding tert-OH is 1. The van der Waals surface area contributed by atoms with E-state index < -0.39 is 36.9 Å². The molecular formula is C24H21ClF4N8O3. The summed E-state index contributed by atoms with van der Waals surface area (Å²) in [5.41, 5.74) is -0.649. The van der Waals surface area contributed by atoms with Crippen molar-refractivity contribution in [2.24, 2.45) is 0 Å². The second-order valence-electron chi connectivity index (χ2n) is 8.90. The normalized spacial score (nSPS) is 14.8. The lowest BCUT2D eigenvalue weighted by Gasteiger charge is -2.27. The number of nitrogens with zero attached hydrogens (tertiary/aromatic N) is 7. The van der Waals surface area contributed by atoms with Crippen molar-refractivity contribution < 1.29 is 27.5 Å². The van der Waals surface area contributed by atoms with Gasteiger partial charge in [-0.15, -0.1) is 10.2 Å². The number of carbonyl (C=O) groups excluding carboxylic acids is 1. The van der Waals surface area contributed by atoms with E-state index in [-0.39, 0.29) is 41.3 Å². The van der Waals surface area contributed by atoms with E-state index >= 15 is 0 Å². The summed E-state index contributed by atoms with van der Waals surface area (Å²) in [4.78, 5) is 31.2. The minimum atomic E-state index is -4.98. The third-order valence-corrected chi connectivity index (χ3v) is 6.34.